The second kappa shape index (κ2) is 6.17. The first-order valence-corrected chi connectivity index (χ1v) is 6.60. The molecule has 1 aliphatic heterocycles. The summed E-state index contributed by atoms with van der Waals surface area (Å²) in [5, 5.41) is 3.40. The molecule has 0 spiro atoms. The lowest BCUT2D eigenvalue weighted by atomic mass is 10.2. The van der Waals surface area contributed by atoms with E-state index in [1.807, 2.05) is 6.20 Å². The van der Waals surface area contributed by atoms with Gasteiger partial charge in [-0.25, -0.2) is 4.98 Å². The first kappa shape index (κ1) is 12.6. The van der Waals surface area contributed by atoms with Crippen LogP contribution in [0.2, 0.25) is 0 Å². The quantitative estimate of drug-likeness (QED) is 0.822. The van der Waals surface area contributed by atoms with Gasteiger partial charge in [-0.05, 0) is 19.3 Å². The van der Waals surface area contributed by atoms with Crippen LogP contribution in [0.1, 0.15) is 38.9 Å². The van der Waals surface area contributed by atoms with Crippen LogP contribution >= 0.6 is 0 Å². The average molecular weight is 237 g/mol. The largest absolute Gasteiger partial charge is 0.378 e. The molecule has 1 fully saturated rings. The fourth-order valence-corrected chi connectivity index (χ4v) is 2.16. The highest BCUT2D eigenvalue weighted by molar-refractivity contribution is 4.92. The van der Waals surface area contributed by atoms with Crippen molar-refractivity contribution in [3.05, 3.63) is 18.2 Å². The van der Waals surface area contributed by atoms with E-state index in [2.05, 4.69) is 34.9 Å². The number of nitrogens with zero attached hydrogens (tertiary/aromatic N) is 2. The molecule has 1 aromatic rings. The second-order valence-electron chi connectivity index (χ2n) is 5.00. The monoisotopic (exact) mass is 237 g/mol. The zero-order chi connectivity index (χ0) is 12.1. The first-order valence-electron chi connectivity index (χ1n) is 6.60. The normalized spacial score (nSPS) is 20.3. The smallest absolute Gasteiger partial charge is 0.122 e. The molecule has 17 heavy (non-hydrogen) atoms. The summed E-state index contributed by atoms with van der Waals surface area (Å²) in [7, 11) is 0. The number of nitrogens with one attached hydrogen (secondary N) is 1. The topological polar surface area (TPSA) is 39.1 Å². The van der Waals surface area contributed by atoms with Gasteiger partial charge in [0.05, 0.1) is 12.6 Å². The van der Waals surface area contributed by atoms with Gasteiger partial charge in [-0.2, -0.15) is 0 Å². The summed E-state index contributed by atoms with van der Waals surface area (Å²) in [5.41, 5.74) is 0. The van der Waals surface area contributed by atoms with Crippen LogP contribution < -0.4 is 5.32 Å². The Kier molecular flexibility index (Phi) is 4.57. The predicted molar refractivity (Wildman–Crippen MR) is 67.8 cm³/mol. The van der Waals surface area contributed by atoms with Gasteiger partial charge in [-0.3, -0.25) is 0 Å². The number of hydrogen-bond acceptors (Lipinski definition) is 3. The molecule has 0 amide bonds. The summed E-state index contributed by atoms with van der Waals surface area (Å²) in [5.74, 6) is 1.12. The van der Waals surface area contributed by atoms with E-state index in [0.29, 0.717) is 12.1 Å². The molecule has 4 heteroatoms. The molecule has 1 aliphatic rings. The zero-order valence-electron chi connectivity index (χ0n) is 10.9. The first-order chi connectivity index (χ1) is 8.25. The van der Waals surface area contributed by atoms with Crippen molar-refractivity contribution < 1.29 is 4.74 Å². The Morgan fingerprint density at radius 2 is 2.47 bits per heavy atom. The Morgan fingerprint density at radius 3 is 3.18 bits per heavy atom. The van der Waals surface area contributed by atoms with E-state index in [9.17, 15) is 0 Å². The molecule has 2 heterocycles. The second-order valence-corrected chi connectivity index (χ2v) is 5.00. The summed E-state index contributed by atoms with van der Waals surface area (Å²) >= 11 is 0. The Hall–Kier alpha value is -0.870. The van der Waals surface area contributed by atoms with Gasteiger partial charge in [0.15, 0.2) is 0 Å². The minimum Gasteiger partial charge on any atom is -0.378 e. The Balaban J connectivity index is 1.80. The number of ether oxygens (including phenoxy) is 1. The number of rotatable bonds is 6. The van der Waals surface area contributed by atoms with Crippen molar-refractivity contribution in [1.82, 2.24) is 14.9 Å². The van der Waals surface area contributed by atoms with E-state index in [1.54, 1.807) is 0 Å². The van der Waals surface area contributed by atoms with E-state index in [-0.39, 0.29) is 0 Å². The fraction of sp³-hybridized carbons (Fsp3) is 0.769. The van der Waals surface area contributed by atoms with Crippen LogP contribution in [0, 0.1) is 0 Å². The molecular weight excluding hydrogens is 214 g/mol. The number of aryl methyl sites for hydroxylation is 1. The Morgan fingerprint density at radius 1 is 1.59 bits per heavy atom. The third-order valence-electron chi connectivity index (χ3n) is 3.19. The lowest BCUT2D eigenvalue weighted by Gasteiger charge is -2.13. The van der Waals surface area contributed by atoms with Gasteiger partial charge < -0.3 is 14.6 Å². The van der Waals surface area contributed by atoms with Gasteiger partial charge in [0.25, 0.3) is 0 Å². The molecule has 1 saturated heterocycles. The van der Waals surface area contributed by atoms with Gasteiger partial charge in [0, 0.05) is 31.6 Å². The van der Waals surface area contributed by atoms with Crippen LogP contribution in [0.15, 0.2) is 12.4 Å². The molecule has 1 atom stereocenters. The van der Waals surface area contributed by atoms with Crippen LogP contribution in [-0.2, 0) is 17.8 Å². The summed E-state index contributed by atoms with van der Waals surface area (Å²) in [6.07, 6.45) is 7.94. The highest BCUT2D eigenvalue weighted by Gasteiger charge is 2.15. The number of aromatic nitrogens is 2. The maximum atomic E-state index is 5.64. The highest BCUT2D eigenvalue weighted by atomic mass is 16.5. The minimum atomic E-state index is 0.461. The summed E-state index contributed by atoms with van der Waals surface area (Å²) in [4.78, 5) is 4.39. The van der Waals surface area contributed by atoms with Crippen molar-refractivity contribution in [2.24, 2.45) is 0 Å². The van der Waals surface area contributed by atoms with E-state index in [0.717, 1.165) is 31.9 Å². The molecule has 2 rings (SSSR count). The van der Waals surface area contributed by atoms with E-state index in [4.69, 9.17) is 4.74 Å². The Bertz CT molecular complexity index is 329. The van der Waals surface area contributed by atoms with Crippen LogP contribution in [0.25, 0.3) is 0 Å². The van der Waals surface area contributed by atoms with Crippen molar-refractivity contribution in [1.29, 1.82) is 0 Å². The molecule has 4 nitrogen and oxygen atoms in total. The molecule has 0 saturated carbocycles. The van der Waals surface area contributed by atoms with Gasteiger partial charge >= 0.3 is 0 Å². The van der Waals surface area contributed by atoms with Gasteiger partial charge in [-0.1, -0.05) is 13.8 Å². The Labute approximate surface area is 103 Å². The van der Waals surface area contributed by atoms with Crippen LogP contribution in [0.4, 0.5) is 0 Å². The van der Waals surface area contributed by atoms with Crippen molar-refractivity contribution in [2.45, 2.75) is 58.3 Å². The maximum Gasteiger partial charge on any atom is 0.122 e. The summed E-state index contributed by atoms with van der Waals surface area (Å²) in [6, 6.07) is 0.498. The van der Waals surface area contributed by atoms with Crippen molar-refractivity contribution in [3.8, 4) is 0 Å². The maximum absolute atomic E-state index is 5.64. The predicted octanol–water partition coefficient (Wildman–Crippen LogP) is 1.95. The van der Waals surface area contributed by atoms with Crippen LogP contribution in [-0.4, -0.2) is 28.3 Å². The summed E-state index contributed by atoms with van der Waals surface area (Å²) < 4.78 is 7.87. The lowest BCUT2D eigenvalue weighted by Crippen LogP contribution is -2.24. The van der Waals surface area contributed by atoms with Gasteiger partial charge in [-0.15, -0.1) is 0 Å². The third-order valence-corrected chi connectivity index (χ3v) is 3.19. The minimum absolute atomic E-state index is 0.461. The van der Waals surface area contributed by atoms with Gasteiger partial charge in [0.2, 0.25) is 0 Å². The standard InChI is InChI=1S/C13H23N3O/c1-11(2)15-10-13-14-6-8-16(13)7-5-12-4-3-9-17-12/h6,8,11-12,15H,3-5,7,9-10H2,1-2H3. The molecule has 0 aromatic carbocycles. The SMILES string of the molecule is CC(C)NCc1nccn1CCC1CCCO1. The molecule has 0 aliphatic carbocycles. The fourth-order valence-electron chi connectivity index (χ4n) is 2.16. The summed E-state index contributed by atoms with van der Waals surface area (Å²) in [6.45, 7) is 7.10. The van der Waals surface area contributed by atoms with Crippen LogP contribution in [0.5, 0.6) is 0 Å². The van der Waals surface area contributed by atoms with Crippen molar-refractivity contribution in [2.75, 3.05) is 6.61 Å². The van der Waals surface area contributed by atoms with E-state index in [1.165, 1.54) is 12.8 Å². The third kappa shape index (κ3) is 3.82. The average Bonchev–Trinajstić information content (AvgIpc) is 2.95. The highest BCUT2D eigenvalue weighted by Crippen LogP contribution is 2.16. The molecule has 1 unspecified atom stereocenters. The molecule has 1 aromatic heterocycles. The molecule has 0 bridgehead atoms. The molecule has 1 N–H and O–H groups in total. The van der Waals surface area contributed by atoms with E-state index < -0.39 is 0 Å². The van der Waals surface area contributed by atoms with E-state index >= 15 is 0 Å². The number of imidazole rings is 1. The van der Waals surface area contributed by atoms with Crippen LogP contribution in [0.3, 0.4) is 0 Å². The molecule has 96 valence electrons. The van der Waals surface area contributed by atoms with Crippen molar-refractivity contribution in [3.63, 3.8) is 0 Å². The lowest BCUT2D eigenvalue weighted by molar-refractivity contribution is 0.100. The molecule has 0 radical (unpaired) electrons. The molecular formula is C13H23N3O. The number of hydrogen-bond donors (Lipinski definition) is 1. The van der Waals surface area contributed by atoms with Gasteiger partial charge in [0.1, 0.15) is 5.82 Å². The van der Waals surface area contributed by atoms with Crippen molar-refractivity contribution >= 4 is 0 Å². The zero-order valence-corrected chi connectivity index (χ0v) is 10.9.